The summed E-state index contributed by atoms with van der Waals surface area (Å²) in [5, 5.41) is 6.73. The second-order valence-electron chi connectivity index (χ2n) is 7.16. The highest BCUT2D eigenvalue weighted by Gasteiger charge is 2.16. The molecule has 1 saturated heterocycles. The van der Waals surface area contributed by atoms with Crippen molar-refractivity contribution in [2.24, 2.45) is 4.99 Å². The van der Waals surface area contributed by atoms with Crippen LogP contribution >= 0.6 is 11.6 Å². The number of hydrogen-bond donors (Lipinski definition) is 2. The van der Waals surface area contributed by atoms with E-state index in [0.29, 0.717) is 23.1 Å². The number of halogens is 1. The van der Waals surface area contributed by atoms with Crippen LogP contribution in [0.3, 0.4) is 0 Å². The molecule has 0 radical (unpaired) electrons. The molecule has 1 aliphatic rings. The minimum absolute atomic E-state index is 0.0933. The molecule has 148 valence electrons. The van der Waals surface area contributed by atoms with Crippen LogP contribution in [-0.4, -0.2) is 31.1 Å². The van der Waals surface area contributed by atoms with Crippen molar-refractivity contribution in [3.8, 4) is 0 Å². The number of nitrogens with one attached hydrogen (secondary N) is 2. The van der Waals surface area contributed by atoms with Gasteiger partial charge in [-0.3, -0.25) is 10.1 Å². The lowest BCUT2D eigenvalue weighted by Crippen LogP contribution is -2.37. The summed E-state index contributed by atoms with van der Waals surface area (Å²) in [6, 6.07) is 11.2. The third-order valence-corrected chi connectivity index (χ3v) is 5.17. The quantitative estimate of drug-likeness (QED) is 0.581. The van der Waals surface area contributed by atoms with Crippen LogP contribution in [-0.2, 0) is 4.74 Å². The lowest BCUT2D eigenvalue weighted by Gasteiger charge is -2.15. The molecule has 1 heterocycles. The van der Waals surface area contributed by atoms with E-state index < -0.39 is 0 Å². The minimum Gasteiger partial charge on any atom is -0.376 e. The van der Waals surface area contributed by atoms with E-state index in [2.05, 4.69) is 15.6 Å². The lowest BCUT2D eigenvalue weighted by molar-refractivity contribution is 0.0975. The Morgan fingerprint density at radius 1 is 1.14 bits per heavy atom. The zero-order chi connectivity index (χ0) is 20.1. The second kappa shape index (κ2) is 9.22. The molecule has 5 nitrogen and oxygen atoms in total. The van der Waals surface area contributed by atoms with E-state index in [9.17, 15) is 4.79 Å². The lowest BCUT2D eigenvalue weighted by atomic mass is 10.1. The SMILES string of the molecule is Cc1ccc(C(=O)NC(=NCC2CCCO2)Nc2cc(Cl)ccc2C)cc1C. The number of carbonyl (C=O) groups excluding carboxylic acids is 1. The summed E-state index contributed by atoms with van der Waals surface area (Å²) < 4.78 is 5.65. The summed E-state index contributed by atoms with van der Waals surface area (Å²) in [4.78, 5) is 17.4. The first kappa shape index (κ1) is 20.4. The number of anilines is 1. The van der Waals surface area contributed by atoms with Gasteiger partial charge in [-0.25, -0.2) is 4.99 Å². The molecule has 1 aliphatic heterocycles. The van der Waals surface area contributed by atoms with Gasteiger partial charge in [0.05, 0.1) is 12.6 Å². The molecule has 2 aromatic rings. The molecule has 1 atom stereocenters. The van der Waals surface area contributed by atoms with E-state index in [1.807, 2.05) is 57.2 Å². The fourth-order valence-corrected chi connectivity index (χ4v) is 3.18. The van der Waals surface area contributed by atoms with E-state index in [0.717, 1.165) is 41.8 Å². The van der Waals surface area contributed by atoms with E-state index in [-0.39, 0.29) is 12.0 Å². The number of rotatable bonds is 4. The van der Waals surface area contributed by atoms with Crippen molar-refractivity contribution in [1.82, 2.24) is 5.32 Å². The fraction of sp³-hybridized carbons (Fsp3) is 0.364. The topological polar surface area (TPSA) is 62.7 Å². The second-order valence-corrected chi connectivity index (χ2v) is 7.60. The van der Waals surface area contributed by atoms with Gasteiger partial charge in [0.1, 0.15) is 0 Å². The summed E-state index contributed by atoms with van der Waals surface area (Å²) >= 11 is 6.13. The maximum Gasteiger partial charge on any atom is 0.257 e. The fourth-order valence-electron chi connectivity index (χ4n) is 3.01. The first-order valence-corrected chi connectivity index (χ1v) is 9.88. The molecule has 0 aliphatic carbocycles. The van der Waals surface area contributed by atoms with Crippen molar-refractivity contribution in [3.05, 3.63) is 63.7 Å². The summed E-state index contributed by atoms with van der Waals surface area (Å²) in [5.41, 5.74) is 4.63. The highest BCUT2D eigenvalue weighted by atomic mass is 35.5. The molecule has 3 rings (SSSR count). The molecule has 0 bridgehead atoms. The molecule has 6 heteroatoms. The van der Waals surface area contributed by atoms with Gasteiger partial charge >= 0.3 is 0 Å². The number of amides is 1. The van der Waals surface area contributed by atoms with E-state index in [4.69, 9.17) is 16.3 Å². The van der Waals surface area contributed by atoms with Gasteiger partial charge < -0.3 is 10.1 Å². The Hall–Kier alpha value is -2.37. The van der Waals surface area contributed by atoms with Crippen molar-refractivity contribution in [2.75, 3.05) is 18.5 Å². The predicted molar refractivity (Wildman–Crippen MR) is 114 cm³/mol. The first-order chi connectivity index (χ1) is 13.4. The van der Waals surface area contributed by atoms with Crippen LogP contribution in [0.15, 0.2) is 41.4 Å². The summed E-state index contributed by atoms with van der Waals surface area (Å²) in [6.45, 7) is 7.25. The highest BCUT2D eigenvalue weighted by Crippen LogP contribution is 2.20. The number of benzene rings is 2. The average molecular weight is 400 g/mol. The molecule has 28 heavy (non-hydrogen) atoms. The molecular formula is C22H26ClN3O2. The van der Waals surface area contributed by atoms with Gasteiger partial charge in [0.15, 0.2) is 0 Å². The highest BCUT2D eigenvalue weighted by molar-refractivity contribution is 6.31. The average Bonchev–Trinajstić information content (AvgIpc) is 3.18. The van der Waals surface area contributed by atoms with Crippen LogP contribution in [0.4, 0.5) is 5.69 Å². The zero-order valence-corrected chi connectivity index (χ0v) is 17.3. The van der Waals surface area contributed by atoms with Crippen molar-refractivity contribution in [2.45, 2.75) is 39.7 Å². The Morgan fingerprint density at radius 2 is 1.93 bits per heavy atom. The van der Waals surface area contributed by atoms with Crippen molar-refractivity contribution in [1.29, 1.82) is 0 Å². The molecule has 1 fully saturated rings. The van der Waals surface area contributed by atoms with Gasteiger partial charge in [0, 0.05) is 22.9 Å². The van der Waals surface area contributed by atoms with Crippen molar-refractivity contribution >= 4 is 29.2 Å². The van der Waals surface area contributed by atoms with Crippen LogP contribution in [0.2, 0.25) is 5.02 Å². The van der Waals surface area contributed by atoms with Gasteiger partial charge in [-0.1, -0.05) is 23.7 Å². The summed E-state index contributed by atoms with van der Waals surface area (Å²) in [7, 11) is 0. The molecule has 0 aromatic heterocycles. The van der Waals surface area contributed by atoms with E-state index >= 15 is 0 Å². The third kappa shape index (κ3) is 5.33. The van der Waals surface area contributed by atoms with Gasteiger partial charge in [-0.15, -0.1) is 0 Å². The molecule has 0 spiro atoms. The number of nitrogens with zero attached hydrogens (tertiary/aromatic N) is 1. The number of ether oxygens (including phenoxy) is 1. The predicted octanol–water partition coefficient (Wildman–Crippen LogP) is 4.64. The summed E-state index contributed by atoms with van der Waals surface area (Å²) in [5.74, 6) is 0.186. The Labute approximate surface area is 171 Å². The molecule has 0 saturated carbocycles. The zero-order valence-electron chi connectivity index (χ0n) is 16.5. The smallest absolute Gasteiger partial charge is 0.257 e. The van der Waals surface area contributed by atoms with Crippen LogP contribution in [0.5, 0.6) is 0 Å². The standard InChI is InChI=1S/C22H26ClN3O2/c1-14-6-8-17(11-16(14)3)21(27)26-22(24-13-19-5-4-10-28-19)25-20-12-18(23)9-7-15(20)2/h6-9,11-12,19H,4-5,10,13H2,1-3H3,(H2,24,25,26,27). The molecule has 2 N–H and O–H groups in total. The Balaban J connectivity index is 1.80. The van der Waals surface area contributed by atoms with E-state index in [1.165, 1.54) is 0 Å². The molecule has 1 unspecified atom stereocenters. The normalized spacial score (nSPS) is 16.9. The summed E-state index contributed by atoms with van der Waals surface area (Å²) in [6.07, 6.45) is 2.12. The minimum atomic E-state index is -0.207. The molecular weight excluding hydrogens is 374 g/mol. The van der Waals surface area contributed by atoms with Gasteiger partial charge in [-0.2, -0.15) is 0 Å². The van der Waals surface area contributed by atoms with Gasteiger partial charge in [0.25, 0.3) is 5.91 Å². The number of carbonyl (C=O) groups is 1. The molecule has 1 amide bonds. The number of aliphatic imine (C=N–C) groups is 1. The monoisotopic (exact) mass is 399 g/mol. The van der Waals surface area contributed by atoms with Crippen LogP contribution in [0.1, 0.15) is 39.9 Å². The maximum absolute atomic E-state index is 12.8. The number of guanidine groups is 1. The first-order valence-electron chi connectivity index (χ1n) is 9.50. The van der Waals surface area contributed by atoms with E-state index in [1.54, 1.807) is 0 Å². The Bertz CT molecular complexity index is 889. The Morgan fingerprint density at radius 3 is 2.64 bits per heavy atom. The van der Waals surface area contributed by atoms with Crippen LogP contribution in [0, 0.1) is 20.8 Å². The van der Waals surface area contributed by atoms with Gasteiger partial charge in [0.2, 0.25) is 5.96 Å². The maximum atomic E-state index is 12.8. The van der Waals surface area contributed by atoms with Crippen LogP contribution in [0.25, 0.3) is 0 Å². The largest absolute Gasteiger partial charge is 0.376 e. The van der Waals surface area contributed by atoms with Crippen LogP contribution < -0.4 is 10.6 Å². The third-order valence-electron chi connectivity index (χ3n) is 4.93. The van der Waals surface area contributed by atoms with Gasteiger partial charge in [-0.05, 0) is 74.6 Å². The number of aryl methyl sites for hydroxylation is 3. The number of hydrogen-bond acceptors (Lipinski definition) is 3. The molecule has 2 aromatic carbocycles. The Kier molecular flexibility index (Phi) is 6.70. The van der Waals surface area contributed by atoms with Crippen molar-refractivity contribution < 1.29 is 9.53 Å². The van der Waals surface area contributed by atoms with Crippen molar-refractivity contribution in [3.63, 3.8) is 0 Å².